The highest BCUT2D eigenvalue weighted by atomic mass is 79.9. The third-order valence-electron chi connectivity index (χ3n) is 3.48. The Morgan fingerprint density at radius 2 is 2.00 bits per heavy atom. The van der Waals surface area contributed by atoms with Crippen molar-refractivity contribution in [3.63, 3.8) is 0 Å². The van der Waals surface area contributed by atoms with Gasteiger partial charge in [0.2, 0.25) is 5.91 Å². The smallest absolute Gasteiger partial charge is 0.237 e. The van der Waals surface area contributed by atoms with E-state index in [1.165, 1.54) is 0 Å². The van der Waals surface area contributed by atoms with Crippen LogP contribution in [0.3, 0.4) is 0 Å². The van der Waals surface area contributed by atoms with Gasteiger partial charge in [-0.25, -0.2) is 0 Å². The molecule has 1 heterocycles. The number of ketones is 1. The summed E-state index contributed by atoms with van der Waals surface area (Å²) in [6, 6.07) is 7.61. The molecular formula is C15H17Br2NO2. The maximum Gasteiger partial charge on any atom is 0.237 e. The van der Waals surface area contributed by atoms with Gasteiger partial charge in [-0.1, -0.05) is 28.1 Å². The summed E-state index contributed by atoms with van der Waals surface area (Å²) in [6.45, 7) is 4.24. The average molecular weight is 403 g/mol. The van der Waals surface area contributed by atoms with Crippen LogP contribution in [0.25, 0.3) is 0 Å². The highest BCUT2D eigenvalue weighted by molar-refractivity contribution is 9.10. The van der Waals surface area contributed by atoms with Gasteiger partial charge in [-0.2, -0.15) is 0 Å². The number of hydrogen-bond acceptors (Lipinski definition) is 2. The van der Waals surface area contributed by atoms with Gasteiger partial charge < -0.3 is 4.90 Å². The molecule has 0 spiro atoms. The fourth-order valence-electron chi connectivity index (χ4n) is 2.44. The number of piperidine rings is 1. The van der Waals surface area contributed by atoms with E-state index in [0.717, 1.165) is 16.6 Å². The van der Waals surface area contributed by atoms with Gasteiger partial charge in [0.25, 0.3) is 0 Å². The Morgan fingerprint density at radius 1 is 1.35 bits per heavy atom. The molecule has 0 saturated carbocycles. The number of benzene rings is 1. The van der Waals surface area contributed by atoms with Gasteiger partial charge in [0.05, 0.1) is 15.9 Å². The standard InChI is InChI=1S/C15H17Br2NO2/c1-15(2,17)13(19)10-6-5-9-18(14(10)20)12-8-4-3-7-11(12)16/h3-4,7-8,10H,5-6,9H2,1-2H3/t10-/m0/s1. The molecule has 1 aliphatic heterocycles. The minimum atomic E-state index is -0.662. The van der Waals surface area contributed by atoms with Crippen molar-refractivity contribution in [2.24, 2.45) is 5.92 Å². The van der Waals surface area contributed by atoms with Crippen LogP contribution in [0.1, 0.15) is 26.7 Å². The molecule has 0 aromatic heterocycles. The quantitative estimate of drug-likeness (QED) is 0.567. The van der Waals surface area contributed by atoms with E-state index in [0.29, 0.717) is 13.0 Å². The summed E-state index contributed by atoms with van der Waals surface area (Å²) in [5.74, 6) is -0.690. The Balaban J connectivity index is 2.28. The molecule has 2 rings (SSSR count). The largest absolute Gasteiger partial charge is 0.311 e. The maximum absolute atomic E-state index is 12.6. The molecule has 1 atom stereocenters. The van der Waals surface area contributed by atoms with E-state index in [4.69, 9.17) is 0 Å². The van der Waals surface area contributed by atoms with Gasteiger partial charge in [-0.15, -0.1) is 0 Å². The Hall–Kier alpha value is -0.680. The fourth-order valence-corrected chi connectivity index (χ4v) is 3.22. The Labute approximate surface area is 136 Å². The molecule has 1 aromatic carbocycles. The molecule has 0 radical (unpaired) electrons. The molecule has 1 aromatic rings. The summed E-state index contributed by atoms with van der Waals surface area (Å²) in [6.07, 6.45) is 1.47. The first-order chi connectivity index (χ1) is 9.32. The van der Waals surface area contributed by atoms with Crippen LogP contribution in [0.5, 0.6) is 0 Å². The molecule has 3 nitrogen and oxygen atoms in total. The molecule has 1 saturated heterocycles. The van der Waals surface area contributed by atoms with Crippen LogP contribution in [0.15, 0.2) is 28.7 Å². The Bertz CT molecular complexity index is 537. The number of anilines is 1. The summed E-state index contributed by atoms with van der Waals surface area (Å²) >= 11 is 6.84. The highest BCUT2D eigenvalue weighted by Gasteiger charge is 2.40. The van der Waals surface area contributed by atoms with Crippen LogP contribution in [0.4, 0.5) is 5.69 Å². The number of amides is 1. The number of rotatable bonds is 3. The molecular weight excluding hydrogens is 386 g/mol. The van der Waals surface area contributed by atoms with Crippen molar-refractivity contribution >= 4 is 49.2 Å². The van der Waals surface area contributed by atoms with Crippen molar-refractivity contribution in [1.29, 1.82) is 0 Å². The molecule has 5 heteroatoms. The Kier molecular flexibility index (Phi) is 4.69. The molecule has 0 N–H and O–H groups in total. The van der Waals surface area contributed by atoms with Crippen LogP contribution < -0.4 is 4.90 Å². The first-order valence-corrected chi connectivity index (χ1v) is 8.20. The first kappa shape index (κ1) is 15.7. The molecule has 0 aliphatic carbocycles. The van der Waals surface area contributed by atoms with Crippen molar-refractivity contribution in [2.75, 3.05) is 11.4 Å². The van der Waals surface area contributed by atoms with Gasteiger partial charge in [-0.05, 0) is 54.8 Å². The van der Waals surface area contributed by atoms with Crippen molar-refractivity contribution < 1.29 is 9.59 Å². The second kappa shape index (κ2) is 5.98. The SMILES string of the molecule is CC(C)(Br)C(=O)[C@@H]1CCCN(c2ccccc2Br)C1=O. The van der Waals surface area contributed by atoms with Crippen molar-refractivity contribution in [2.45, 2.75) is 31.0 Å². The number of Topliss-reactive ketones (excluding diaryl/α,β-unsaturated/α-hetero) is 1. The average Bonchev–Trinajstić information content (AvgIpc) is 2.38. The summed E-state index contributed by atoms with van der Waals surface area (Å²) in [5.41, 5.74) is 0.836. The van der Waals surface area contributed by atoms with E-state index >= 15 is 0 Å². The van der Waals surface area contributed by atoms with E-state index < -0.39 is 10.2 Å². The topological polar surface area (TPSA) is 37.4 Å². The molecule has 0 bridgehead atoms. The lowest BCUT2D eigenvalue weighted by Crippen LogP contribution is -2.48. The zero-order valence-electron chi connectivity index (χ0n) is 11.5. The number of para-hydroxylation sites is 1. The lowest BCUT2D eigenvalue weighted by Gasteiger charge is -2.34. The number of carbonyl (C=O) groups excluding carboxylic acids is 2. The zero-order valence-corrected chi connectivity index (χ0v) is 14.7. The molecule has 1 amide bonds. The van der Waals surface area contributed by atoms with Crippen LogP contribution in [0.2, 0.25) is 0 Å². The van der Waals surface area contributed by atoms with Crippen LogP contribution in [-0.4, -0.2) is 22.6 Å². The van der Waals surface area contributed by atoms with E-state index in [2.05, 4.69) is 31.9 Å². The maximum atomic E-state index is 12.6. The second-order valence-electron chi connectivity index (χ2n) is 5.47. The molecule has 20 heavy (non-hydrogen) atoms. The monoisotopic (exact) mass is 401 g/mol. The minimum Gasteiger partial charge on any atom is -0.311 e. The molecule has 1 fully saturated rings. The summed E-state index contributed by atoms with van der Waals surface area (Å²) in [4.78, 5) is 26.7. The molecule has 1 aliphatic rings. The van der Waals surface area contributed by atoms with Crippen LogP contribution >= 0.6 is 31.9 Å². The van der Waals surface area contributed by atoms with E-state index in [1.54, 1.807) is 18.7 Å². The molecule has 0 unspecified atom stereocenters. The van der Waals surface area contributed by atoms with Crippen LogP contribution in [0, 0.1) is 5.92 Å². The summed E-state index contributed by atoms with van der Waals surface area (Å²) in [7, 11) is 0. The predicted octanol–water partition coefficient (Wildman–Crippen LogP) is 3.93. The number of carbonyl (C=O) groups is 2. The predicted molar refractivity (Wildman–Crippen MR) is 87.2 cm³/mol. The number of alkyl halides is 1. The fraction of sp³-hybridized carbons (Fsp3) is 0.467. The zero-order chi connectivity index (χ0) is 14.9. The normalized spacial score (nSPS) is 20.1. The van der Waals surface area contributed by atoms with Gasteiger partial charge in [0, 0.05) is 11.0 Å². The van der Waals surface area contributed by atoms with Crippen molar-refractivity contribution in [3.8, 4) is 0 Å². The van der Waals surface area contributed by atoms with E-state index in [9.17, 15) is 9.59 Å². The number of nitrogens with zero attached hydrogens (tertiary/aromatic N) is 1. The number of halogens is 2. The minimum absolute atomic E-state index is 0.0424. The summed E-state index contributed by atoms with van der Waals surface area (Å²) in [5, 5.41) is 0. The van der Waals surface area contributed by atoms with Crippen molar-refractivity contribution in [1.82, 2.24) is 0 Å². The lowest BCUT2D eigenvalue weighted by atomic mass is 9.87. The second-order valence-corrected chi connectivity index (χ2v) is 8.31. The first-order valence-electron chi connectivity index (χ1n) is 6.61. The summed E-state index contributed by atoms with van der Waals surface area (Å²) < 4.78 is 0.212. The van der Waals surface area contributed by atoms with Gasteiger partial charge >= 0.3 is 0 Å². The third-order valence-corrected chi connectivity index (χ3v) is 4.55. The lowest BCUT2D eigenvalue weighted by molar-refractivity contribution is -0.134. The molecule has 108 valence electrons. The highest BCUT2D eigenvalue weighted by Crippen LogP contribution is 2.33. The van der Waals surface area contributed by atoms with Gasteiger partial charge in [-0.3, -0.25) is 9.59 Å². The van der Waals surface area contributed by atoms with Crippen molar-refractivity contribution in [3.05, 3.63) is 28.7 Å². The van der Waals surface area contributed by atoms with Gasteiger partial charge in [0.1, 0.15) is 0 Å². The van der Waals surface area contributed by atoms with E-state index in [1.807, 2.05) is 24.3 Å². The Morgan fingerprint density at radius 3 is 2.60 bits per heavy atom. The van der Waals surface area contributed by atoms with Crippen LogP contribution in [-0.2, 0) is 9.59 Å². The van der Waals surface area contributed by atoms with E-state index in [-0.39, 0.29) is 11.7 Å². The van der Waals surface area contributed by atoms with Gasteiger partial charge in [0.15, 0.2) is 5.78 Å². The third kappa shape index (κ3) is 3.14. The number of hydrogen-bond donors (Lipinski definition) is 0.